The van der Waals surface area contributed by atoms with E-state index >= 15 is 0 Å². The Bertz CT molecular complexity index is 417. The quantitative estimate of drug-likeness (QED) is 0.439. The van der Waals surface area contributed by atoms with Gasteiger partial charge >= 0.3 is 0 Å². The van der Waals surface area contributed by atoms with E-state index in [4.69, 9.17) is 4.43 Å². The number of aliphatic hydroxyl groups excluding tert-OH is 1. The van der Waals surface area contributed by atoms with E-state index in [2.05, 4.69) is 79.9 Å². The third kappa shape index (κ3) is 6.33. The van der Waals surface area contributed by atoms with Crippen LogP contribution < -0.4 is 0 Å². The Balaban J connectivity index is 5.50. The molecule has 0 aliphatic carbocycles. The Hall–Kier alpha value is -0.0862. The predicted octanol–water partition coefficient (Wildman–Crippen LogP) is 5.69. The van der Waals surface area contributed by atoms with Crippen LogP contribution >= 0.6 is 0 Å². The summed E-state index contributed by atoms with van der Waals surface area (Å²) < 4.78 is 6.67. The maximum Gasteiger partial charge on any atom is 0.192 e. The number of aliphatic hydroxyl groups is 1. The lowest BCUT2D eigenvalue weighted by molar-refractivity contribution is 0.0625. The molecule has 0 aromatic rings. The van der Waals surface area contributed by atoms with Gasteiger partial charge in [-0.1, -0.05) is 48.5 Å². The molecule has 2 nitrogen and oxygen atoms in total. The minimum atomic E-state index is -1.88. The lowest BCUT2D eigenvalue weighted by atomic mass is 9.95. The largest absolute Gasteiger partial charge is 0.412 e. The van der Waals surface area contributed by atoms with Gasteiger partial charge in [-0.25, -0.2) is 0 Å². The average Bonchev–Trinajstić information content (AvgIpc) is 2.52. The maximum absolute atomic E-state index is 9.72. The Kier molecular flexibility index (Phi) is 9.53. The van der Waals surface area contributed by atoms with Crippen molar-refractivity contribution in [3.63, 3.8) is 0 Å². The summed E-state index contributed by atoms with van der Waals surface area (Å²) in [5, 5.41) is 9.89. The second-order valence-corrected chi connectivity index (χ2v) is 18.6. The van der Waals surface area contributed by atoms with Gasteiger partial charge < -0.3 is 9.53 Å². The van der Waals surface area contributed by atoms with Crippen LogP contribution in [0.2, 0.25) is 36.3 Å². The van der Waals surface area contributed by atoms with Crippen molar-refractivity contribution in [1.82, 2.24) is 0 Å². The van der Waals surface area contributed by atoms with E-state index in [1.807, 2.05) is 0 Å². The first-order valence-electron chi connectivity index (χ1n) is 9.71. The minimum Gasteiger partial charge on any atom is -0.412 e. The highest BCUT2D eigenvalue weighted by atomic mass is 28.4. The van der Waals surface area contributed by atoms with Gasteiger partial charge in [-0.15, -0.1) is 11.5 Å². The van der Waals surface area contributed by atoms with Crippen molar-refractivity contribution < 1.29 is 9.53 Å². The fraction of sp³-hybridized carbons (Fsp3) is 0.900. The van der Waals surface area contributed by atoms with Crippen molar-refractivity contribution in [3.05, 3.63) is 0 Å². The molecule has 0 aromatic carbocycles. The van der Waals surface area contributed by atoms with Gasteiger partial charge in [0.05, 0.1) is 6.10 Å². The van der Waals surface area contributed by atoms with Crippen molar-refractivity contribution >= 4 is 16.4 Å². The molecule has 0 rings (SSSR count). The van der Waals surface area contributed by atoms with E-state index in [0.717, 1.165) is 0 Å². The van der Waals surface area contributed by atoms with E-state index < -0.39 is 16.4 Å². The van der Waals surface area contributed by atoms with E-state index in [1.165, 1.54) is 18.1 Å². The van der Waals surface area contributed by atoms with Crippen molar-refractivity contribution in [1.29, 1.82) is 0 Å². The monoisotopic (exact) mass is 370 g/mol. The second kappa shape index (κ2) is 9.57. The molecular formula is C20H42O2Si2. The molecule has 3 atom stereocenters. The van der Waals surface area contributed by atoms with Crippen LogP contribution in [0.25, 0.3) is 0 Å². The van der Waals surface area contributed by atoms with E-state index in [9.17, 15) is 5.11 Å². The number of hydrogen-bond donors (Lipinski definition) is 1. The molecule has 0 spiro atoms. The lowest BCUT2D eigenvalue weighted by Crippen LogP contribution is -2.47. The first-order chi connectivity index (χ1) is 10.9. The summed E-state index contributed by atoms with van der Waals surface area (Å²) in [4.78, 5) is 0. The van der Waals surface area contributed by atoms with Crippen molar-refractivity contribution in [2.75, 3.05) is 6.61 Å². The molecule has 1 N–H and O–H groups in total. The topological polar surface area (TPSA) is 29.5 Å². The summed E-state index contributed by atoms with van der Waals surface area (Å²) in [6.45, 7) is 22.6. The molecule has 0 saturated carbocycles. The second-order valence-electron chi connectivity index (χ2n) is 8.90. The molecule has 0 aliphatic heterocycles. The molecule has 24 heavy (non-hydrogen) atoms. The van der Waals surface area contributed by atoms with E-state index in [1.54, 1.807) is 0 Å². The molecule has 0 saturated heterocycles. The van der Waals surface area contributed by atoms with Crippen LogP contribution in [0.3, 0.4) is 0 Å². The molecule has 4 heteroatoms. The van der Waals surface area contributed by atoms with Crippen LogP contribution in [0, 0.1) is 23.3 Å². The average molecular weight is 371 g/mol. The summed E-state index contributed by atoms with van der Waals surface area (Å²) in [6, 6.07) is 3.68. The molecule has 0 amide bonds. The highest BCUT2D eigenvalue weighted by molar-refractivity contribution is 6.87. The molecule has 0 heterocycles. The van der Waals surface area contributed by atoms with Gasteiger partial charge in [0.25, 0.3) is 0 Å². The molecule has 0 unspecified atom stereocenters. The van der Waals surface area contributed by atoms with Crippen LogP contribution in [0.1, 0.15) is 55.4 Å². The Morgan fingerprint density at radius 3 is 1.79 bits per heavy atom. The number of rotatable bonds is 8. The van der Waals surface area contributed by atoms with Gasteiger partial charge in [0.15, 0.2) is 8.32 Å². The predicted molar refractivity (Wildman–Crippen MR) is 112 cm³/mol. The summed E-state index contributed by atoms with van der Waals surface area (Å²) in [7, 11) is -3.31. The first kappa shape index (κ1) is 23.9. The molecule has 142 valence electrons. The van der Waals surface area contributed by atoms with Crippen molar-refractivity contribution in [2.45, 2.75) is 97.8 Å². The van der Waals surface area contributed by atoms with Crippen LogP contribution in [-0.4, -0.2) is 34.2 Å². The molecule has 0 aromatic heterocycles. The minimum absolute atomic E-state index is 0.0145. The highest BCUT2D eigenvalue weighted by Gasteiger charge is 2.41. The Morgan fingerprint density at radius 2 is 1.46 bits per heavy atom. The number of hydrogen-bond acceptors (Lipinski definition) is 2. The summed E-state index contributed by atoms with van der Waals surface area (Å²) >= 11 is 0. The fourth-order valence-electron chi connectivity index (χ4n) is 2.70. The summed E-state index contributed by atoms with van der Waals surface area (Å²) in [5.74, 6) is 3.84. The SMILES string of the molecule is CC[Si](C#C[C@H](C)[C@H](O[Si](C)(C)C(C)(C)C)[C@@H](C)CO)(CC)CC. The smallest absolute Gasteiger partial charge is 0.192 e. The molecule has 0 radical (unpaired) electrons. The van der Waals surface area contributed by atoms with Gasteiger partial charge in [0.2, 0.25) is 0 Å². The van der Waals surface area contributed by atoms with Crippen LogP contribution in [0.15, 0.2) is 0 Å². The van der Waals surface area contributed by atoms with Gasteiger partial charge in [-0.2, -0.15) is 0 Å². The van der Waals surface area contributed by atoms with Crippen molar-refractivity contribution in [3.8, 4) is 11.5 Å². The molecule has 0 aliphatic rings. The molecule has 0 fully saturated rings. The zero-order chi connectivity index (χ0) is 19.2. The Morgan fingerprint density at radius 1 is 1.00 bits per heavy atom. The van der Waals surface area contributed by atoms with Crippen molar-refractivity contribution in [2.24, 2.45) is 11.8 Å². The van der Waals surface area contributed by atoms with Crippen LogP contribution in [0.4, 0.5) is 0 Å². The first-order valence-corrected chi connectivity index (χ1v) is 15.2. The standard InChI is InChI=1S/C20H42O2Si2/c1-11-24(12-2,13-3)15-14-17(4)19(18(5)16-21)22-23(9,10)20(6,7)8/h17-19,21H,11-13,16H2,1-10H3/t17-,18-,19-/m0/s1. The third-order valence-electron chi connectivity index (χ3n) is 6.17. The Labute approximate surface area is 153 Å². The van der Waals surface area contributed by atoms with Crippen LogP contribution in [-0.2, 0) is 4.43 Å². The normalized spacial score (nSPS) is 17.0. The lowest BCUT2D eigenvalue weighted by Gasteiger charge is -2.41. The van der Waals surface area contributed by atoms with Crippen LogP contribution in [0.5, 0.6) is 0 Å². The molecular weight excluding hydrogens is 328 g/mol. The summed E-state index contributed by atoms with van der Waals surface area (Å²) in [5.41, 5.74) is 3.71. The van der Waals surface area contributed by atoms with Gasteiger partial charge in [0.1, 0.15) is 8.07 Å². The van der Waals surface area contributed by atoms with E-state index in [0.29, 0.717) is 0 Å². The van der Waals surface area contributed by atoms with E-state index in [-0.39, 0.29) is 29.6 Å². The van der Waals surface area contributed by atoms with Gasteiger partial charge in [-0.05, 0) is 43.2 Å². The van der Waals surface area contributed by atoms with Gasteiger partial charge in [-0.3, -0.25) is 0 Å². The highest BCUT2D eigenvalue weighted by Crippen LogP contribution is 2.39. The van der Waals surface area contributed by atoms with Gasteiger partial charge in [0, 0.05) is 18.4 Å². The summed E-state index contributed by atoms with van der Waals surface area (Å²) in [6.07, 6.45) is 0.0145. The zero-order valence-electron chi connectivity index (χ0n) is 17.9. The molecule has 0 bridgehead atoms. The fourth-order valence-corrected chi connectivity index (χ4v) is 6.73. The maximum atomic E-state index is 9.72. The zero-order valence-corrected chi connectivity index (χ0v) is 19.9. The third-order valence-corrected chi connectivity index (χ3v) is 15.4.